The lowest BCUT2D eigenvalue weighted by atomic mass is 10.2. The number of hydrogen-bond donors (Lipinski definition) is 1. The van der Waals surface area contributed by atoms with E-state index in [2.05, 4.69) is 27.3 Å². The molecular weight excluding hydrogens is 312 g/mol. The lowest BCUT2D eigenvalue weighted by Gasteiger charge is -2.08. The zero-order valence-electron chi connectivity index (χ0n) is 9.45. The zero-order chi connectivity index (χ0) is 13.0. The Morgan fingerprint density at radius 1 is 1.17 bits per heavy atom. The van der Waals surface area contributed by atoms with Gasteiger partial charge in [-0.1, -0.05) is 27.5 Å². The highest BCUT2D eigenvalue weighted by Gasteiger charge is 2.01. The van der Waals surface area contributed by atoms with E-state index in [1.165, 1.54) is 0 Å². The quantitative estimate of drug-likeness (QED) is 0.897. The predicted molar refractivity (Wildman–Crippen MR) is 77.6 cm³/mol. The number of nitrogens with zero attached hydrogens (tertiary/aromatic N) is 1. The van der Waals surface area contributed by atoms with Crippen LogP contribution in [0.5, 0.6) is 0 Å². The monoisotopic (exact) mass is 320 g/mol. The summed E-state index contributed by atoms with van der Waals surface area (Å²) in [5.41, 5.74) is 2.64. The van der Waals surface area contributed by atoms with Crippen molar-refractivity contribution < 1.29 is 0 Å². The van der Waals surface area contributed by atoms with Crippen LogP contribution in [0.25, 0.3) is 0 Å². The second-order valence-corrected chi connectivity index (χ2v) is 5.10. The summed E-state index contributed by atoms with van der Waals surface area (Å²) >= 11 is 9.53. The van der Waals surface area contributed by atoms with E-state index in [1.807, 2.05) is 30.3 Å². The molecule has 1 N–H and O–H groups in total. The van der Waals surface area contributed by atoms with Gasteiger partial charge >= 0.3 is 0 Å². The smallest absolute Gasteiger partial charge is 0.0991 e. The minimum Gasteiger partial charge on any atom is -0.381 e. The summed E-state index contributed by atoms with van der Waals surface area (Å²) < 4.78 is 1.00. The third kappa shape index (κ3) is 3.25. The average Bonchev–Trinajstić information content (AvgIpc) is 2.40. The fraction of sp³-hybridized carbons (Fsp3) is 0.0714. The summed E-state index contributed by atoms with van der Waals surface area (Å²) in [5.74, 6) is 0. The number of nitrogens with one attached hydrogen (secondary N) is 1. The van der Waals surface area contributed by atoms with E-state index >= 15 is 0 Å². The minimum atomic E-state index is 0.643. The molecule has 90 valence electrons. The standard InChI is InChI=1S/C14H10BrClN2/c15-12-3-6-14(16)11(7-12)9-18-13-4-1-10(8-17)2-5-13/h1-7,18H,9H2. The van der Waals surface area contributed by atoms with E-state index in [-0.39, 0.29) is 0 Å². The van der Waals surface area contributed by atoms with E-state index in [1.54, 1.807) is 12.1 Å². The van der Waals surface area contributed by atoms with Crippen LogP contribution in [0.3, 0.4) is 0 Å². The molecule has 0 radical (unpaired) electrons. The lowest BCUT2D eigenvalue weighted by molar-refractivity contribution is 1.15. The minimum absolute atomic E-state index is 0.643. The molecule has 18 heavy (non-hydrogen) atoms. The molecule has 0 amide bonds. The first-order chi connectivity index (χ1) is 8.69. The van der Waals surface area contributed by atoms with Crippen molar-refractivity contribution in [3.8, 4) is 6.07 Å². The molecule has 2 nitrogen and oxygen atoms in total. The molecular formula is C14H10BrClN2. The van der Waals surface area contributed by atoms with Crippen LogP contribution in [0, 0.1) is 11.3 Å². The SMILES string of the molecule is N#Cc1ccc(NCc2cc(Br)ccc2Cl)cc1. The molecule has 0 atom stereocenters. The summed E-state index contributed by atoms with van der Waals surface area (Å²) in [4.78, 5) is 0. The van der Waals surface area contributed by atoms with E-state index in [9.17, 15) is 0 Å². The number of anilines is 1. The van der Waals surface area contributed by atoms with Crippen LogP contribution in [0.1, 0.15) is 11.1 Å². The molecule has 0 saturated heterocycles. The van der Waals surface area contributed by atoms with Gasteiger partial charge < -0.3 is 5.32 Å². The molecule has 0 aliphatic rings. The fourth-order valence-corrected chi connectivity index (χ4v) is 2.13. The van der Waals surface area contributed by atoms with E-state index in [4.69, 9.17) is 16.9 Å². The Bertz CT molecular complexity index is 588. The summed E-state index contributed by atoms with van der Waals surface area (Å²) in [6, 6.07) is 15.2. The van der Waals surface area contributed by atoms with Gasteiger partial charge in [0.25, 0.3) is 0 Å². The molecule has 2 aromatic carbocycles. The Labute approximate surface area is 119 Å². The second-order valence-electron chi connectivity index (χ2n) is 3.78. The Kier molecular flexibility index (Phi) is 4.24. The third-order valence-electron chi connectivity index (χ3n) is 2.50. The Hall–Kier alpha value is -1.50. The first-order valence-corrected chi connectivity index (χ1v) is 6.54. The molecule has 0 spiro atoms. The summed E-state index contributed by atoms with van der Waals surface area (Å²) in [7, 11) is 0. The molecule has 0 aliphatic carbocycles. The van der Waals surface area contributed by atoms with Crippen LogP contribution in [-0.2, 0) is 6.54 Å². The van der Waals surface area contributed by atoms with Gasteiger partial charge in [-0.25, -0.2) is 0 Å². The van der Waals surface area contributed by atoms with Crippen molar-refractivity contribution in [2.45, 2.75) is 6.54 Å². The maximum atomic E-state index is 8.71. The molecule has 0 bridgehead atoms. The Balaban J connectivity index is 2.07. The van der Waals surface area contributed by atoms with Gasteiger partial charge in [-0.3, -0.25) is 0 Å². The van der Waals surface area contributed by atoms with Crippen molar-refractivity contribution in [2.75, 3.05) is 5.32 Å². The van der Waals surface area contributed by atoms with Gasteiger partial charge in [0.2, 0.25) is 0 Å². The van der Waals surface area contributed by atoms with E-state index in [0.29, 0.717) is 12.1 Å². The van der Waals surface area contributed by atoms with Crippen LogP contribution in [0.2, 0.25) is 5.02 Å². The van der Waals surface area contributed by atoms with Crippen LogP contribution >= 0.6 is 27.5 Å². The third-order valence-corrected chi connectivity index (χ3v) is 3.37. The number of halogens is 2. The Morgan fingerprint density at radius 3 is 2.56 bits per heavy atom. The number of rotatable bonds is 3. The largest absolute Gasteiger partial charge is 0.381 e. The summed E-state index contributed by atoms with van der Waals surface area (Å²) in [6.07, 6.45) is 0. The van der Waals surface area contributed by atoms with Crippen molar-refractivity contribution in [1.82, 2.24) is 0 Å². The van der Waals surface area contributed by atoms with Crippen molar-refractivity contribution in [3.05, 3.63) is 63.1 Å². The highest BCUT2D eigenvalue weighted by Crippen LogP contribution is 2.22. The van der Waals surface area contributed by atoms with Gasteiger partial charge in [-0.05, 0) is 48.0 Å². The van der Waals surface area contributed by atoms with Crippen molar-refractivity contribution >= 4 is 33.2 Å². The predicted octanol–water partition coefficient (Wildman–Crippen LogP) is 4.59. The molecule has 2 rings (SSSR count). The maximum Gasteiger partial charge on any atom is 0.0991 e. The average molecular weight is 322 g/mol. The number of benzene rings is 2. The highest BCUT2D eigenvalue weighted by atomic mass is 79.9. The van der Waals surface area contributed by atoms with E-state index in [0.717, 1.165) is 20.7 Å². The maximum absolute atomic E-state index is 8.71. The molecule has 0 fully saturated rings. The van der Waals surface area contributed by atoms with Gasteiger partial charge in [-0.15, -0.1) is 0 Å². The fourth-order valence-electron chi connectivity index (χ4n) is 1.54. The molecule has 0 heterocycles. The number of hydrogen-bond acceptors (Lipinski definition) is 2. The van der Waals surface area contributed by atoms with Crippen molar-refractivity contribution in [1.29, 1.82) is 5.26 Å². The lowest BCUT2D eigenvalue weighted by Crippen LogP contribution is -2.00. The molecule has 0 saturated carbocycles. The zero-order valence-corrected chi connectivity index (χ0v) is 11.8. The van der Waals surface area contributed by atoms with Gasteiger partial charge in [0.05, 0.1) is 11.6 Å². The first-order valence-electron chi connectivity index (χ1n) is 5.37. The Morgan fingerprint density at radius 2 is 1.89 bits per heavy atom. The topological polar surface area (TPSA) is 35.8 Å². The normalized spacial score (nSPS) is 9.83. The van der Waals surface area contributed by atoms with Gasteiger partial charge in [0, 0.05) is 21.7 Å². The van der Waals surface area contributed by atoms with Crippen LogP contribution in [0.4, 0.5) is 5.69 Å². The molecule has 0 aromatic heterocycles. The molecule has 2 aromatic rings. The summed E-state index contributed by atoms with van der Waals surface area (Å²) in [6.45, 7) is 0.643. The van der Waals surface area contributed by atoms with Gasteiger partial charge in [0.1, 0.15) is 0 Å². The molecule has 0 aliphatic heterocycles. The van der Waals surface area contributed by atoms with Crippen LogP contribution in [-0.4, -0.2) is 0 Å². The molecule has 4 heteroatoms. The van der Waals surface area contributed by atoms with Crippen LogP contribution in [0.15, 0.2) is 46.9 Å². The summed E-state index contributed by atoms with van der Waals surface area (Å²) in [5, 5.41) is 12.7. The van der Waals surface area contributed by atoms with Crippen molar-refractivity contribution in [3.63, 3.8) is 0 Å². The van der Waals surface area contributed by atoms with Gasteiger partial charge in [-0.2, -0.15) is 5.26 Å². The van der Waals surface area contributed by atoms with Crippen molar-refractivity contribution in [2.24, 2.45) is 0 Å². The van der Waals surface area contributed by atoms with E-state index < -0.39 is 0 Å². The second kappa shape index (κ2) is 5.90. The van der Waals surface area contributed by atoms with Gasteiger partial charge in [0.15, 0.2) is 0 Å². The first kappa shape index (κ1) is 12.9. The highest BCUT2D eigenvalue weighted by molar-refractivity contribution is 9.10. The molecule has 0 unspecified atom stereocenters. The number of nitriles is 1. The van der Waals surface area contributed by atoms with Crippen LogP contribution < -0.4 is 5.32 Å².